The summed E-state index contributed by atoms with van der Waals surface area (Å²) in [6.07, 6.45) is -8.59. The van der Waals surface area contributed by atoms with E-state index in [-0.39, 0.29) is 26.8 Å². The molecular formula is C22H16CoF6N2O4S2. The summed E-state index contributed by atoms with van der Waals surface area (Å²) in [4.78, 5) is 23.1. The van der Waals surface area contributed by atoms with Crippen molar-refractivity contribution in [3.8, 4) is 11.5 Å². The molecule has 15 heteroatoms. The Kier molecular flexibility index (Phi) is 10.0. The second kappa shape index (κ2) is 12.2. The number of ether oxygens (including phenoxy) is 2. The van der Waals surface area contributed by atoms with Gasteiger partial charge in [0.1, 0.15) is 11.5 Å². The third-order valence-corrected chi connectivity index (χ3v) is 6.44. The number of allylic oxidation sites excluding steroid dienone is 2. The summed E-state index contributed by atoms with van der Waals surface area (Å²) in [6.45, 7) is 0. The standard InChI is InChI=1S/2C11H8F3NO2S.Co/c2*1-17-6-2-3-8-7(4-6)15-10(18-8)5-9(16)11(12,13)14;/h2*2-5,15H,1H3;. The van der Waals surface area contributed by atoms with Gasteiger partial charge in [-0.25, -0.2) is 0 Å². The average Bonchev–Trinajstić information content (AvgIpc) is 3.39. The zero-order valence-electron chi connectivity index (χ0n) is 18.7. The van der Waals surface area contributed by atoms with Crippen LogP contribution < -0.4 is 20.1 Å². The molecule has 0 aromatic heterocycles. The number of hydrogen-bond acceptors (Lipinski definition) is 8. The van der Waals surface area contributed by atoms with Gasteiger partial charge in [0.25, 0.3) is 11.6 Å². The predicted octanol–water partition coefficient (Wildman–Crippen LogP) is 6.37. The second-order valence-electron chi connectivity index (χ2n) is 6.92. The number of halogens is 6. The van der Waals surface area contributed by atoms with Gasteiger partial charge in [-0.15, -0.1) is 0 Å². The summed E-state index contributed by atoms with van der Waals surface area (Å²) in [5.41, 5.74) is 1.25. The van der Waals surface area contributed by atoms with Gasteiger partial charge < -0.3 is 20.1 Å². The number of methoxy groups -OCH3 is 2. The number of nitrogens with one attached hydrogen (secondary N) is 2. The maximum absolute atomic E-state index is 12.1. The van der Waals surface area contributed by atoms with E-state index in [0.717, 1.165) is 33.3 Å². The van der Waals surface area contributed by atoms with E-state index in [9.17, 15) is 35.9 Å². The van der Waals surface area contributed by atoms with Crippen molar-refractivity contribution in [3.63, 3.8) is 0 Å². The smallest absolute Gasteiger partial charge is 0.454 e. The quantitative estimate of drug-likeness (QED) is 0.306. The van der Waals surface area contributed by atoms with Gasteiger partial charge in [-0.05, 0) is 24.3 Å². The Hall–Kier alpha value is -2.75. The molecule has 0 spiro atoms. The number of carbonyl (C=O) groups is 2. The van der Waals surface area contributed by atoms with Gasteiger partial charge in [0.2, 0.25) is 0 Å². The van der Waals surface area contributed by atoms with E-state index in [4.69, 9.17) is 9.47 Å². The molecule has 2 aromatic carbocycles. The number of benzene rings is 2. The molecule has 2 N–H and O–H groups in total. The van der Waals surface area contributed by atoms with Crippen LogP contribution in [0.4, 0.5) is 37.7 Å². The van der Waals surface area contributed by atoms with Crippen LogP contribution in [0.2, 0.25) is 0 Å². The van der Waals surface area contributed by atoms with Gasteiger partial charge >= 0.3 is 12.4 Å². The van der Waals surface area contributed by atoms with Crippen LogP contribution in [0, 0.1) is 0 Å². The molecule has 0 unspecified atom stereocenters. The van der Waals surface area contributed by atoms with Crippen LogP contribution in [0.5, 0.6) is 11.5 Å². The molecular weight excluding hydrogens is 593 g/mol. The Labute approximate surface area is 225 Å². The molecule has 2 heterocycles. The number of thioether (sulfide) groups is 2. The minimum absolute atomic E-state index is 0. The summed E-state index contributed by atoms with van der Waals surface area (Å²) in [5.74, 6) is -2.58. The fourth-order valence-corrected chi connectivity index (χ4v) is 4.57. The zero-order valence-corrected chi connectivity index (χ0v) is 21.3. The first kappa shape index (κ1) is 30.5. The Morgan fingerprint density at radius 1 is 0.730 bits per heavy atom. The van der Waals surface area contributed by atoms with E-state index < -0.39 is 23.9 Å². The maximum atomic E-state index is 12.1. The number of hydrogen-bond donors (Lipinski definition) is 2. The van der Waals surface area contributed by atoms with E-state index >= 15 is 0 Å². The molecule has 0 aliphatic carbocycles. The molecule has 4 rings (SSSR count). The Morgan fingerprint density at radius 3 is 1.38 bits per heavy atom. The topological polar surface area (TPSA) is 76.7 Å². The number of carbonyl (C=O) groups excluding carboxylic acids is 2. The third-order valence-electron chi connectivity index (χ3n) is 4.41. The first-order valence-electron chi connectivity index (χ1n) is 9.71. The summed E-state index contributed by atoms with van der Waals surface area (Å²) < 4.78 is 82.6. The number of ketones is 2. The fraction of sp³-hybridized carbons (Fsp3) is 0.182. The molecule has 1 radical (unpaired) electrons. The Morgan fingerprint density at radius 2 is 1.08 bits per heavy atom. The fourth-order valence-electron chi connectivity index (χ4n) is 2.73. The third kappa shape index (κ3) is 8.11. The summed E-state index contributed by atoms with van der Waals surface area (Å²) in [6, 6.07) is 10.1. The van der Waals surface area contributed by atoms with E-state index in [1.807, 2.05) is 0 Å². The van der Waals surface area contributed by atoms with Crippen molar-refractivity contribution in [3.05, 3.63) is 58.6 Å². The van der Waals surface area contributed by atoms with Gasteiger partial charge in [0, 0.05) is 50.9 Å². The number of rotatable bonds is 4. The Balaban J connectivity index is 0.000000253. The number of anilines is 2. The molecule has 6 nitrogen and oxygen atoms in total. The molecule has 2 aliphatic heterocycles. The van der Waals surface area contributed by atoms with Crippen molar-refractivity contribution in [2.45, 2.75) is 22.1 Å². The van der Waals surface area contributed by atoms with E-state index in [2.05, 4.69) is 10.6 Å². The predicted molar refractivity (Wildman–Crippen MR) is 123 cm³/mol. The van der Waals surface area contributed by atoms with Crippen LogP contribution >= 0.6 is 23.5 Å². The number of alkyl halides is 6. The van der Waals surface area contributed by atoms with Crippen LogP contribution in [0.15, 0.2) is 68.4 Å². The minimum Gasteiger partial charge on any atom is -0.497 e. The van der Waals surface area contributed by atoms with E-state index in [1.54, 1.807) is 36.4 Å². The monoisotopic (exact) mass is 609 g/mol. The normalized spacial score (nSPS) is 15.9. The van der Waals surface area contributed by atoms with Gasteiger partial charge in [0.05, 0.1) is 35.7 Å². The molecule has 201 valence electrons. The molecule has 0 bridgehead atoms. The summed E-state index contributed by atoms with van der Waals surface area (Å²) in [7, 11) is 2.99. The molecule has 2 aromatic rings. The van der Waals surface area contributed by atoms with E-state index in [0.29, 0.717) is 35.0 Å². The van der Waals surface area contributed by atoms with Crippen LogP contribution in [-0.4, -0.2) is 38.1 Å². The van der Waals surface area contributed by atoms with Crippen molar-refractivity contribution < 1.29 is 62.2 Å². The van der Waals surface area contributed by atoms with Crippen molar-refractivity contribution in [2.24, 2.45) is 0 Å². The van der Waals surface area contributed by atoms with Crippen LogP contribution in [0.3, 0.4) is 0 Å². The molecule has 37 heavy (non-hydrogen) atoms. The SMILES string of the molecule is COc1ccc2c(c1)NC(=CC(=O)C(F)(F)F)S2.COc1ccc2c(c1)NC(=CC(=O)C(F)(F)F)S2.[Co]. The van der Waals surface area contributed by atoms with Gasteiger partial charge in [-0.2, -0.15) is 26.3 Å². The summed E-state index contributed by atoms with van der Waals surface area (Å²) >= 11 is 2.15. The van der Waals surface area contributed by atoms with Crippen molar-refractivity contribution in [1.29, 1.82) is 0 Å². The van der Waals surface area contributed by atoms with Crippen molar-refractivity contribution in [1.82, 2.24) is 0 Å². The molecule has 0 amide bonds. The van der Waals surface area contributed by atoms with E-state index in [1.165, 1.54) is 14.2 Å². The first-order valence-corrected chi connectivity index (χ1v) is 11.3. The minimum atomic E-state index is -4.85. The largest absolute Gasteiger partial charge is 0.497 e. The number of fused-ring (bicyclic) bond motifs is 2. The van der Waals surface area contributed by atoms with Gasteiger partial charge in [0.15, 0.2) is 0 Å². The van der Waals surface area contributed by atoms with Crippen LogP contribution in [0.25, 0.3) is 0 Å². The zero-order chi connectivity index (χ0) is 26.7. The van der Waals surface area contributed by atoms with Crippen molar-refractivity contribution >= 4 is 46.5 Å². The average molecular weight is 609 g/mol. The van der Waals surface area contributed by atoms with Gasteiger partial charge in [-0.3, -0.25) is 9.59 Å². The van der Waals surface area contributed by atoms with Gasteiger partial charge in [-0.1, -0.05) is 23.5 Å². The molecule has 0 saturated carbocycles. The van der Waals surface area contributed by atoms with Crippen LogP contribution in [-0.2, 0) is 26.4 Å². The maximum Gasteiger partial charge on any atom is 0.454 e. The molecule has 0 fully saturated rings. The van der Waals surface area contributed by atoms with Crippen molar-refractivity contribution in [2.75, 3.05) is 24.9 Å². The molecule has 0 saturated heterocycles. The summed E-state index contributed by atoms with van der Waals surface area (Å²) in [5, 5.41) is 5.78. The molecule has 2 aliphatic rings. The Bertz CT molecular complexity index is 1150. The molecule has 0 atom stereocenters. The van der Waals surface area contributed by atoms with Crippen LogP contribution in [0.1, 0.15) is 0 Å². The first-order chi connectivity index (χ1) is 16.8. The second-order valence-corrected chi connectivity index (χ2v) is 9.09.